The fourth-order valence-corrected chi connectivity index (χ4v) is 4.11. The second kappa shape index (κ2) is 8.88. The highest BCUT2D eigenvalue weighted by Crippen LogP contribution is 2.29. The summed E-state index contributed by atoms with van der Waals surface area (Å²) >= 11 is 0. The average molecular weight is 440 g/mol. The maximum absolute atomic E-state index is 13.6. The lowest BCUT2D eigenvalue weighted by Crippen LogP contribution is -2.46. The number of phenols is 1. The fourth-order valence-electron chi connectivity index (χ4n) is 4.11. The predicted molar refractivity (Wildman–Crippen MR) is 130 cm³/mol. The highest BCUT2D eigenvalue weighted by Gasteiger charge is 2.24. The third-order valence-electron chi connectivity index (χ3n) is 5.83. The number of nitrogens with zero attached hydrogens (tertiary/aromatic N) is 3. The number of pyridine rings is 1. The number of H-pyrrole nitrogens is 1. The normalized spacial score (nSPS) is 14.3. The number of fused-ring (bicyclic) bond motifs is 1. The summed E-state index contributed by atoms with van der Waals surface area (Å²) in [5.74, 6) is 0.149. The number of aromatic amines is 1. The van der Waals surface area contributed by atoms with Crippen LogP contribution in [0.2, 0.25) is 0 Å². The molecule has 3 N–H and O–H groups in total. The lowest BCUT2D eigenvalue weighted by molar-refractivity contribution is 0.0737. The highest BCUT2D eigenvalue weighted by molar-refractivity contribution is 6.09. The van der Waals surface area contributed by atoms with Gasteiger partial charge in [-0.2, -0.15) is 5.10 Å². The molecule has 0 radical (unpaired) electrons. The van der Waals surface area contributed by atoms with Crippen LogP contribution in [-0.2, 0) is 0 Å². The molecule has 0 aliphatic carbocycles. The minimum Gasteiger partial charge on any atom is -0.508 e. The lowest BCUT2D eigenvalue weighted by Gasteiger charge is -2.27. The van der Waals surface area contributed by atoms with Crippen LogP contribution in [0.15, 0.2) is 54.6 Å². The molecule has 0 atom stereocenters. The molecule has 4 aromatic rings. The van der Waals surface area contributed by atoms with E-state index in [9.17, 15) is 9.90 Å². The molecule has 166 valence electrons. The van der Waals surface area contributed by atoms with Crippen molar-refractivity contribution in [3.8, 4) is 17.0 Å². The zero-order valence-corrected chi connectivity index (χ0v) is 18.4. The van der Waals surface area contributed by atoms with Gasteiger partial charge < -0.3 is 15.3 Å². The van der Waals surface area contributed by atoms with Gasteiger partial charge in [0, 0.05) is 31.7 Å². The summed E-state index contributed by atoms with van der Waals surface area (Å²) in [5.41, 5.74) is 5.51. The van der Waals surface area contributed by atoms with Crippen LogP contribution < -0.4 is 5.32 Å². The molecule has 1 fully saturated rings. The van der Waals surface area contributed by atoms with E-state index in [0.717, 1.165) is 29.9 Å². The molecule has 0 bridgehead atoms. The van der Waals surface area contributed by atoms with Crippen LogP contribution in [0.5, 0.6) is 5.75 Å². The molecular formula is C26H25N5O2. The first-order chi connectivity index (χ1) is 16.1. The average Bonchev–Trinajstić information content (AvgIpc) is 3.26. The summed E-state index contributed by atoms with van der Waals surface area (Å²) in [6.45, 7) is 4.92. The molecule has 1 aliphatic rings. The van der Waals surface area contributed by atoms with Crippen LogP contribution in [-0.4, -0.2) is 57.3 Å². The van der Waals surface area contributed by atoms with E-state index < -0.39 is 0 Å². The van der Waals surface area contributed by atoms with Gasteiger partial charge in [-0.25, -0.2) is 4.98 Å². The first-order valence-electron chi connectivity index (χ1n) is 11.0. The maximum atomic E-state index is 13.6. The van der Waals surface area contributed by atoms with Gasteiger partial charge in [-0.15, -0.1) is 0 Å². The van der Waals surface area contributed by atoms with Gasteiger partial charge >= 0.3 is 0 Å². The first-order valence-corrected chi connectivity index (χ1v) is 11.0. The van der Waals surface area contributed by atoms with E-state index in [1.54, 1.807) is 24.3 Å². The van der Waals surface area contributed by atoms with E-state index in [1.807, 2.05) is 35.3 Å². The standard InChI is InChI=1S/C26H25N5O2/c1-17-3-2-4-18(15-17)5-10-22-24-21(26(33)31-13-11-27-12-14-31)16-23(28-25(24)30-29-22)19-6-8-20(32)9-7-19/h2-10,15-16,27,32H,11-14H2,1H3,(H,28,29,30)/b10-5+. The molecule has 0 unspecified atom stereocenters. The number of carbonyl (C=O) groups excluding carboxylic acids is 1. The Bertz CT molecular complexity index is 1330. The Morgan fingerprint density at radius 2 is 1.85 bits per heavy atom. The van der Waals surface area contributed by atoms with E-state index in [1.165, 1.54) is 5.56 Å². The quantitative estimate of drug-likeness (QED) is 0.449. The SMILES string of the molecule is Cc1cccc(/C=C/c2[nH]nc3nc(-c4ccc(O)cc4)cc(C(=O)N4CCNCC4)c23)c1. The summed E-state index contributed by atoms with van der Waals surface area (Å²) < 4.78 is 0. The van der Waals surface area contributed by atoms with Crippen molar-refractivity contribution in [2.24, 2.45) is 0 Å². The van der Waals surface area contributed by atoms with Crippen LogP contribution in [0.3, 0.4) is 0 Å². The number of piperazine rings is 1. The Morgan fingerprint density at radius 1 is 1.06 bits per heavy atom. The largest absolute Gasteiger partial charge is 0.508 e. The maximum Gasteiger partial charge on any atom is 0.254 e. The van der Waals surface area contributed by atoms with E-state index in [0.29, 0.717) is 35.4 Å². The summed E-state index contributed by atoms with van der Waals surface area (Å²) in [7, 11) is 0. The summed E-state index contributed by atoms with van der Waals surface area (Å²) in [4.78, 5) is 20.2. The molecule has 2 aromatic carbocycles. The minimum absolute atomic E-state index is 0.0319. The Morgan fingerprint density at radius 3 is 2.61 bits per heavy atom. The van der Waals surface area contributed by atoms with Crippen LogP contribution in [0, 0.1) is 6.92 Å². The van der Waals surface area contributed by atoms with Crippen LogP contribution >= 0.6 is 0 Å². The smallest absolute Gasteiger partial charge is 0.254 e. The number of phenolic OH excluding ortho intramolecular Hbond substituents is 1. The molecule has 0 spiro atoms. The molecular weight excluding hydrogens is 414 g/mol. The number of aromatic nitrogens is 3. The molecule has 3 heterocycles. The number of rotatable bonds is 4. The molecule has 0 saturated carbocycles. The van der Waals surface area contributed by atoms with E-state index in [2.05, 4.69) is 34.6 Å². The molecule has 7 nitrogen and oxygen atoms in total. The van der Waals surface area contributed by atoms with Crippen molar-refractivity contribution in [1.29, 1.82) is 0 Å². The molecule has 2 aromatic heterocycles. The monoisotopic (exact) mass is 439 g/mol. The number of amides is 1. The van der Waals surface area contributed by atoms with Gasteiger partial charge in [0.25, 0.3) is 5.91 Å². The lowest BCUT2D eigenvalue weighted by atomic mass is 10.0. The topological polar surface area (TPSA) is 94.1 Å². The number of carbonyl (C=O) groups is 1. The second-order valence-electron chi connectivity index (χ2n) is 8.23. The van der Waals surface area contributed by atoms with Crippen molar-refractivity contribution in [2.45, 2.75) is 6.92 Å². The van der Waals surface area contributed by atoms with Gasteiger partial charge in [-0.1, -0.05) is 35.9 Å². The number of aromatic hydroxyl groups is 1. The third-order valence-corrected chi connectivity index (χ3v) is 5.83. The van der Waals surface area contributed by atoms with Crippen LogP contribution in [0.4, 0.5) is 0 Å². The van der Waals surface area contributed by atoms with Crippen molar-refractivity contribution in [3.05, 3.63) is 77.0 Å². The van der Waals surface area contributed by atoms with Crippen molar-refractivity contribution in [2.75, 3.05) is 26.2 Å². The van der Waals surface area contributed by atoms with Crippen molar-refractivity contribution in [3.63, 3.8) is 0 Å². The summed E-state index contributed by atoms with van der Waals surface area (Å²) in [6.07, 6.45) is 3.95. The Hall–Kier alpha value is -3.97. The number of benzene rings is 2. The number of aryl methyl sites for hydroxylation is 1. The molecule has 7 heteroatoms. The van der Waals surface area contributed by atoms with Gasteiger partial charge in [0.1, 0.15) is 5.75 Å². The van der Waals surface area contributed by atoms with E-state index >= 15 is 0 Å². The van der Waals surface area contributed by atoms with Crippen LogP contribution in [0.1, 0.15) is 27.2 Å². The van der Waals surface area contributed by atoms with Crippen LogP contribution in [0.25, 0.3) is 34.4 Å². The zero-order valence-electron chi connectivity index (χ0n) is 18.4. The molecule has 1 aliphatic heterocycles. The fraction of sp³-hybridized carbons (Fsp3) is 0.192. The molecule has 1 saturated heterocycles. The third kappa shape index (κ3) is 4.36. The Balaban J connectivity index is 1.62. The van der Waals surface area contributed by atoms with Gasteiger partial charge in [-0.3, -0.25) is 9.89 Å². The molecule has 33 heavy (non-hydrogen) atoms. The predicted octanol–water partition coefficient (Wildman–Crippen LogP) is 3.85. The van der Waals surface area contributed by atoms with Gasteiger partial charge in [-0.05, 0) is 48.9 Å². The number of hydrogen-bond donors (Lipinski definition) is 3. The van der Waals surface area contributed by atoms with E-state index in [4.69, 9.17) is 4.98 Å². The Kier molecular flexibility index (Phi) is 5.62. The van der Waals surface area contributed by atoms with Crippen molar-refractivity contribution < 1.29 is 9.90 Å². The molecule has 5 rings (SSSR count). The Labute approximate surface area is 191 Å². The van der Waals surface area contributed by atoms with Gasteiger partial charge in [0.2, 0.25) is 0 Å². The number of hydrogen-bond acceptors (Lipinski definition) is 5. The summed E-state index contributed by atoms with van der Waals surface area (Å²) in [6, 6.07) is 16.8. The van der Waals surface area contributed by atoms with E-state index in [-0.39, 0.29) is 11.7 Å². The minimum atomic E-state index is -0.0319. The zero-order chi connectivity index (χ0) is 22.8. The summed E-state index contributed by atoms with van der Waals surface area (Å²) in [5, 5.41) is 21.1. The van der Waals surface area contributed by atoms with Gasteiger partial charge in [0.15, 0.2) is 5.65 Å². The highest BCUT2D eigenvalue weighted by atomic mass is 16.3. The van der Waals surface area contributed by atoms with Gasteiger partial charge in [0.05, 0.1) is 22.3 Å². The van der Waals surface area contributed by atoms with Crippen molar-refractivity contribution in [1.82, 2.24) is 25.4 Å². The van der Waals surface area contributed by atoms with Crippen molar-refractivity contribution >= 4 is 29.1 Å². The molecule has 1 amide bonds. The second-order valence-corrected chi connectivity index (χ2v) is 8.23. The first kappa shape index (κ1) is 20.9. The number of nitrogens with one attached hydrogen (secondary N) is 2.